The second-order valence-corrected chi connectivity index (χ2v) is 11.6. The third-order valence-electron chi connectivity index (χ3n) is 8.72. The molecule has 160 valence electrons. The fourth-order valence-electron chi connectivity index (χ4n) is 6.92. The van der Waals surface area contributed by atoms with Crippen LogP contribution in [0.3, 0.4) is 0 Å². The van der Waals surface area contributed by atoms with Gasteiger partial charge in [-0.25, -0.2) is 0 Å². The van der Waals surface area contributed by atoms with Crippen molar-refractivity contribution in [2.24, 2.45) is 40.9 Å². The van der Waals surface area contributed by atoms with Crippen molar-refractivity contribution < 1.29 is 0 Å². The molecule has 0 bridgehead atoms. The van der Waals surface area contributed by atoms with Crippen molar-refractivity contribution in [1.29, 1.82) is 0 Å². The lowest BCUT2D eigenvalue weighted by atomic mass is 9.61. The van der Waals surface area contributed by atoms with E-state index in [1.54, 1.807) is 0 Å². The van der Waals surface area contributed by atoms with Gasteiger partial charge in [-0.05, 0) is 60.2 Å². The van der Waals surface area contributed by atoms with Gasteiger partial charge in [0.2, 0.25) is 0 Å². The summed E-state index contributed by atoms with van der Waals surface area (Å²) in [5.41, 5.74) is 0.468. The van der Waals surface area contributed by atoms with Crippen LogP contribution in [0.1, 0.15) is 131 Å². The summed E-state index contributed by atoms with van der Waals surface area (Å²) in [5, 5.41) is 0. The molecule has 6 unspecified atom stereocenters. The van der Waals surface area contributed by atoms with E-state index in [1.165, 1.54) is 89.9 Å². The molecule has 0 radical (unpaired) electrons. The fraction of sp³-hybridized carbons (Fsp3) is 1.00. The highest BCUT2D eigenvalue weighted by Crippen LogP contribution is 2.47. The lowest BCUT2D eigenvalue weighted by Gasteiger charge is -2.44. The van der Waals surface area contributed by atoms with Crippen LogP contribution in [0.5, 0.6) is 0 Å². The molecule has 2 saturated carbocycles. The quantitative estimate of drug-likeness (QED) is 0.450. The van der Waals surface area contributed by atoms with Crippen LogP contribution >= 0.6 is 0 Å². The van der Waals surface area contributed by atoms with E-state index in [4.69, 9.17) is 0 Å². The zero-order valence-corrected chi connectivity index (χ0v) is 19.9. The first-order chi connectivity index (χ1) is 12.8. The van der Waals surface area contributed by atoms with Crippen molar-refractivity contribution >= 4 is 0 Å². The maximum Gasteiger partial charge on any atom is -0.0334 e. The van der Waals surface area contributed by atoms with Crippen LogP contribution in [0, 0.1) is 40.9 Å². The zero-order valence-electron chi connectivity index (χ0n) is 19.9. The van der Waals surface area contributed by atoms with Gasteiger partial charge >= 0.3 is 0 Å². The summed E-state index contributed by atoms with van der Waals surface area (Å²) in [7, 11) is 0. The van der Waals surface area contributed by atoms with Gasteiger partial charge in [-0.2, -0.15) is 0 Å². The standard InChI is InChI=1S/C27H52/c1-7-23-17-14-19-25(24-18-12-10-8-9-11-15-22(24)3)26(27(4,5)6)20-13-16-21(23)2/h21-26H,7-20H2,1-6H3. The van der Waals surface area contributed by atoms with Crippen molar-refractivity contribution in [1.82, 2.24) is 0 Å². The maximum absolute atomic E-state index is 2.62. The first-order valence-corrected chi connectivity index (χ1v) is 12.8. The van der Waals surface area contributed by atoms with Crippen LogP contribution < -0.4 is 0 Å². The molecule has 0 aromatic carbocycles. The predicted octanol–water partition coefficient (Wildman–Crippen LogP) is 9.28. The third kappa shape index (κ3) is 7.08. The predicted molar refractivity (Wildman–Crippen MR) is 122 cm³/mol. The Hall–Kier alpha value is 0. The van der Waals surface area contributed by atoms with E-state index in [0.717, 1.165) is 35.5 Å². The lowest BCUT2D eigenvalue weighted by molar-refractivity contribution is 0.0510. The van der Waals surface area contributed by atoms with Gasteiger partial charge in [0.05, 0.1) is 0 Å². The van der Waals surface area contributed by atoms with E-state index in [9.17, 15) is 0 Å². The van der Waals surface area contributed by atoms with E-state index in [1.807, 2.05) is 0 Å². The molecule has 0 heterocycles. The Morgan fingerprint density at radius 2 is 1.15 bits per heavy atom. The second-order valence-electron chi connectivity index (χ2n) is 11.6. The highest BCUT2D eigenvalue weighted by molar-refractivity contribution is 4.88. The largest absolute Gasteiger partial charge is 0.0651 e. The molecule has 2 aliphatic rings. The summed E-state index contributed by atoms with van der Waals surface area (Å²) in [6.07, 6.45) is 20.8. The molecule has 0 aliphatic heterocycles. The van der Waals surface area contributed by atoms with E-state index in [0.29, 0.717) is 5.41 Å². The minimum atomic E-state index is 0.468. The van der Waals surface area contributed by atoms with Crippen molar-refractivity contribution in [2.45, 2.75) is 131 Å². The maximum atomic E-state index is 2.62. The molecule has 0 nitrogen and oxygen atoms in total. The molecule has 6 atom stereocenters. The topological polar surface area (TPSA) is 0 Å². The molecule has 0 saturated heterocycles. The van der Waals surface area contributed by atoms with E-state index in [-0.39, 0.29) is 0 Å². The smallest absolute Gasteiger partial charge is 0.0334 e. The Balaban J connectivity index is 2.21. The van der Waals surface area contributed by atoms with Crippen molar-refractivity contribution in [3.05, 3.63) is 0 Å². The molecule has 2 aliphatic carbocycles. The highest BCUT2D eigenvalue weighted by atomic mass is 14.4. The molecule has 27 heavy (non-hydrogen) atoms. The fourth-order valence-corrected chi connectivity index (χ4v) is 6.92. The third-order valence-corrected chi connectivity index (χ3v) is 8.72. The molecule has 0 N–H and O–H groups in total. The van der Waals surface area contributed by atoms with Crippen LogP contribution in [0.4, 0.5) is 0 Å². The summed E-state index contributed by atoms with van der Waals surface area (Å²) < 4.78 is 0. The normalized spacial score (nSPS) is 38.4. The Kier molecular flexibility index (Phi) is 9.70. The molecular weight excluding hydrogens is 324 g/mol. The molecule has 0 aromatic heterocycles. The van der Waals surface area contributed by atoms with E-state index in [2.05, 4.69) is 41.5 Å². The molecule has 2 rings (SSSR count). The Morgan fingerprint density at radius 1 is 0.593 bits per heavy atom. The van der Waals surface area contributed by atoms with Crippen LogP contribution in [-0.2, 0) is 0 Å². The van der Waals surface area contributed by atoms with Crippen molar-refractivity contribution in [3.8, 4) is 0 Å². The minimum Gasteiger partial charge on any atom is -0.0651 e. The van der Waals surface area contributed by atoms with Gasteiger partial charge in [0.1, 0.15) is 0 Å². The van der Waals surface area contributed by atoms with E-state index >= 15 is 0 Å². The summed E-state index contributed by atoms with van der Waals surface area (Å²) in [5.74, 6) is 5.76. The van der Waals surface area contributed by atoms with Gasteiger partial charge in [0.15, 0.2) is 0 Å². The molecule has 0 spiro atoms. The number of hydrogen-bond donors (Lipinski definition) is 0. The monoisotopic (exact) mass is 376 g/mol. The number of hydrogen-bond acceptors (Lipinski definition) is 0. The SMILES string of the molecule is CCC1CCCC(C2CCCCCCCC2C)C(C(C)(C)C)CCCC1C. The first kappa shape index (κ1) is 23.3. The average molecular weight is 377 g/mol. The summed E-state index contributed by atoms with van der Waals surface area (Å²) in [6.45, 7) is 15.2. The van der Waals surface area contributed by atoms with Gasteiger partial charge in [-0.3, -0.25) is 0 Å². The zero-order chi connectivity index (χ0) is 19.9. The average Bonchev–Trinajstić information content (AvgIpc) is 2.71. The lowest BCUT2D eigenvalue weighted by Crippen LogP contribution is -2.36. The van der Waals surface area contributed by atoms with Crippen LogP contribution in [-0.4, -0.2) is 0 Å². The Morgan fingerprint density at radius 3 is 1.81 bits per heavy atom. The molecule has 0 amide bonds. The van der Waals surface area contributed by atoms with Gasteiger partial charge in [-0.1, -0.05) is 112 Å². The van der Waals surface area contributed by atoms with Gasteiger partial charge < -0.3 is 0 Å². The van der Waals surface area contributed by atoms with Gasteiger partial charge in [-0.15, -0.1) is 0 Å². The molecule has 0 aromatic rings. The highest BCUT2D eigenvalue weighted by Gasteiger charge is 2.38. The molecular formula is C27H52. The second kappa shape index (κ2) is 11.3. The molecule has 2 fully saturated rings. The number of rotatable bonds is 2. The minimum absolute atomic E-state index is 0.468. The van der Waals surface area contributed by atoms with Crippen molar-refractivity contribution in [2.75, 3.05) is 0 Å². The summed E-state index contributed by atoms with van der Waals surface area (Å²) in [6, 6.07) is 0. The molecule has 0 heteroatoms. The Labute approximate surface area is 172 Å². The van der Waals surface area contributed by atoms with Crippen LogP contribution in [0.2, 0.25) is 0 Å². The van der Waals surface area contributed by atoms with Gasteiger partial charge in [0, 0.05) is 0 Å². The summed E-state index contributed by atoms with van der Waals surface area (Å²) >= 11 is 0. The van der Waals surface area contributed by atoms with Crippen molar-refractivity contribution in [3.63, 3.8) is 0 Å². The van der Waals surface area contributed by atoms with Crippen LogP contribution in [0.25, 0.3) is 0 Å². The first-order valence-electron chi connectivity index (χ1n) is 12.8. The van der Waals surface area contributed by atoms with E-state index < -0.39 is 0 Å². The summed E-state index contributed by atoms with van der Waals surface area (Å²) in [4.78, 5) is 0. The van der Waals surface area contributed by atoms with Crippen LogP contribution in [0.15, 0.2) is 0 Å². The van der Waals surface area contributed by atoms with Gasteiger partial charge in [0.25, 0.3) is 0 Å². The Bertz CT molecular complexity index is 389.